The molecule has 0 unspecified atom stereocenters. The highest BCUT2D eigenvalue weighted by Gasteiger charge is 2.40. The van der Waals surface area contributed by atoms with Crippen molar-refractivity contribution in [1.82, 2.24) is 4.72 Å². The van der Waals surface area contributed by atoms with Gasteiger partial charge in [0.2, 0.25) is 10.0 Å². The van der Waals surface area contributed by atoms with Crippen molar-refractivity contribution in [3.8, 4) is 0 Å². The average molecular weight is 295 g/mol. The topological polar surface area (TPSA) is 55.4 Å². The molecule has 1 saturated heterocycles. The van der Waals surface area contributed by atoms with E-state index in [0.29, 0.717) is 11.8 Å². The summed E-state index contributed by atoms with van der Waals surface area (Å²) in [6, 6.07) is 10.4. The van der Waals surface area contributed by atoms with Crippen LogP contribution in [0.15, 0.2) is 30.3 Å². The van der Waals surface area contributed by atoms with Gasteiger partial charge in [0.1, 0.15) is 0 Å². The third-order valence-corrected chi connectivity index (χ3v) is 5.18. The van der Waals surface area contributed by atoms with Crippen LogP contribution in [-0.4, -0.2) is 27.3 Å². The number of rotatable bonds is 3. The molecule has 4 atom stereocenters. The minimum absolute atomic E-state index is 0.0816. The number of nitrogens with one attached hydrogen (secondary N) is 1. The quantitative estimate of drug-likeness (QED) is 0.929. The van der Waals surface area contributed by atoms with Crippen molar-refractivity contribution in [2.45, 2.75) is 31.4 Å². The maximum atomic E-state index is 11.3. The molecule has 0 amide bonds. The van der Waals surface area contributed by atoms with E-state index in [9.17, 15) is 8.42 Å². The zero-order valence-electron chi connectivity index (χ0n) is 11.7. The Kier molecular flexibility index (Phi) is 3.84. The van der Waals surface area contributed by atoms with Crippen LogP contribution in [0.25, 0.3) is 0 Å². The monoisotopic (exact) mass is 295 g/mol. The molecule has 3 rings (SSSR count). The SMILES string of the molecule is CS(=O)(=O)N[C@@H]1C[C@@H]2CO[C@H](c3ccccc3)C[C@@H]2C1. The van der Waals surface area contributed by atoms with Crippen LogP contribution in [0, 0.1) is 11.8 Å². The number of ether oxygens (including phenoxy) is 1. The van der Waals surface area contributed by atoms with Gasteiger partial charge >= 0.3 is 0 Å². The maximum Gasteiger partial charge on any atom is 0.208 e. The van der Waals surface area contributed by atoms with Crippen LogP contribution in [0.2, 0.25) is 0 Å². The Morgan fingerprint density at radius 1 is 1.10 bits per heavy atom. The van der Waals surface area contributed by atoms with E-state index in [4.69, 9.17) is 4.74 Å². The Morgan fingerprint density at radius 3 is 2.50 bits per heavy atom. The molecule has 2 aliphatic rings. The van der Waals surface area contributed by atoms with Crippen LogP contribution in [0.1, 0.15) is 30.9 Å². The lowest BCUT2D eigenvalue weighted by Crippen LogP contribution is -2.32. The maximum absolute atomic E-state index is 11.3. The zero-order valence-corrected chi connectivity index (χ0v) is 12.5. The third kappa shape index (κ3) is 3.22. The average Bonchev–Trinajstić information content (AvgIpc) is 2.78. The van der Waals surface area contributed by atoms with Gasteiger partial charge < -0.3 is 4.74 Å². The zero-order chi connectivity index (χ0) is 14.2. The highest BCUT2D eigenvalue weighted by Crippen LogP contribution is 2.43. The van der Waals surface area contributed by atoms with Crippen molar-refractivity contribution >= 4 is 10.0 Å². The summed E-state index contributed by atoms with van der Waals surface area (Å²) in [5, 5.41) is 0. The summed E-state index contributed by atoms with van der Waals surface area (Å²) in [6.07, 6.45) is 4.23. The molecule has 1 aliphatic carbocycles. The van der Waals surface area contributed by atoms with Gasteiger partial charge in [0.25, 0.3) is 0 Å². The molecule has 110 valence electrons. The summed E-state index contributed by atoms with van der Waals surface area (Å²) < 4.78 is 31.4. The van der Waals surface area contributed by atoms with Gasteiger partial charge in [-0.3, -0.25) is 0 Å². The van der Waals surface area contributed by atoms with Gasteiger partial charge in [-0.15, -0.1) is 0 Å². The fraction of sp³-hybridized carbons (Fsp3) is 0.600. The smallest absolute Gasteiger partial charge is 0.208 e. The third-order valence-electron chi connectivity index (χ3n) is 4.42. The molecule has 1 aliphatic heterocycles. The van der Waals surface area contributed by atoms with Crippen LogP contribution in [0.5, 0.6) is 0 Å². The lowest BCUT2D eigenvalue weighted by Gasteiger charge is -2.32. The van der Waals surface area contributed by atoms with Gasteiger partial charge in [0.15, 0.2) is 0 Å². The summed E-state index contributed by atoms with van der Waals surface area (Å²) in [7, 11) is -3.11. The van der Waals surface area contributed by atoms with Gasteiger partial charge in [-0.2, -0.15) is 0 Å². The number of benzene rings is 1. The van der Waals surface area contributed by atoms with Gasteiger partial charge in [0, 0.05) is 6.04 Å². The molecule has 0 radical (unpaired) electrons. The van der Waals surface area contributed by atoms with E-state index in [2.05, 4.69) is 16.9 Å². The Bertz CT molecular complexity index is 558. The number of hydrogen-bond acceptors (Lipinski definition) is 3. The standard InChI is InChI=1S/C15H21NO3S/c1-20(17,18)16-14-7-12-9-15(19-10-13(12)8-14)11-5-3-2-4-6-11/h2-6,12-16H,7-10H2,1H3/t12-,13+,14-,15-/m0/s1. The first-order chi connectivity index (χ1) is 9.51. The van der Waals surface area contributed by atoms with Gasteiger partial charge in [-0.1, -0.05) is 30.3 Å². The normalized spacial score (nSPS) is 33.9. The molecule has 0 spiro atoms. The number of fused-ring (bicyclic) bond motifs is 1. The highest BCUT2D eigenvalue weighted by atomic mass is 32.2. The Balaban J connectivity index is 1.64. The Hall–Kier alpha value is -0.910. The summed E-state index contributed by atoms with van der Waals surface area (Å²) in [5.41, 5.74) is 1.23. The predicted octanol–water partition coefficient (Wildman–Crippen LogP) is 2.09. The van der Waals surface area contributed by atoms with Crippen LogP contribution < -0.4 is 4.72 Å². The van der Waals surface area contributed by atoms with Crippen molar-refractivity contribution < 1.29 is 13.2 Å². The van der Waals surface area contributed by atoms with E-state index in [-0.39, 0.29) is 12.1 Å². The summed E-state index contributed by atoms with van der Waals surface area (Å²) in [5.74, 6) is 1.06. The number of hydrogen-bond donors (Lipinski definition) is 1. The fourth-order valence-corrected chi connectivity index (χ4v) is 4.38. The van der Waals surface area contributed by atoms with E-state index < -0.39 is 10.0 Å². The Labute approximate surface area is 120 Å². The second-order valence-electron chi connectivity index (χ2n) is 6.05. The molecule has 1 aromatic rings. The van der Waals surface area contributed by atoms with E-state index in [1.54, 1.807) is 0 Å². The second-order valence-corrected chi connectivity index (χ2v) is 7.83. The molecule has 1 heterocycles. The fourth-order valence-electron chi connectivity index (χ4n) is 3.59. The Morgan fingerprint density at radius 2 is 1.80 bits per heavy atom. The molecule has 4 nitrogen and oxygen atoms in total. The summed E-state index contributed by atoms with van der Waals surface area (Å²) >= 11 is 0. The van der Waals surface area contributed by atoms with E-state index in [0.717, 1.165) is 25.9 Å². The molecular formula is C15H21NO3S. The predicted molar refractivity (Wildman–Crippen MR) is 77.7 cm³/mol. The van der Waals surface area contributed by atoms with Crippen LogP contribution in [0.4, 0.5) is 0 Å². The van der Waals surface area contributed by atoms with Crippen molar-refractivity contribution in [3.63, 3.8) is 0 Å². The molecular weight excluding hydrogens is 274 g/mol. The van der Waals surface area contributed by atoms with Gasteiger partial charge in [0.05, 0.1) is 19.0 Å². The van der Waals surface area contributed by atoms with Crippen LogP contribution >= 0.6 is 0 Å². The van der Waals surface area contributed by atoms with E-state index in [1.165, 1.54) is 11.8 Å². The first-order valence-electron chi connectivity index (χ1n) is 7.15. The molecule has 2 fully saturated rings. The van der Waals surface area contributed by atoms with Crippen molar-refractivity contribution in [1.29, 1.82) is 0 Å². The first kappa shape index (κ1) is 14.0. The molecule has 20 heavy (non-hydrogen) atoms. The molecule has 1 N–H and O–H groups in total. The highest BCUT2D eigenvalue weighted by molar-refractivity contribution is 7.88. The van der Waals surface area contributed by atoms with Crippen molar-refractivity contribution in [2.24, 2.45) is 11.8 Å². The lowest BCUT2D eigenvalue weighted by molar-refractivity contribution is -0.0384. The van der Waals surface area contributed by atoms with E-state index in [1.807, 2.05) is 18.2 Å². The minimum Gasteiger partial charge on any atom is -0.373 e. The summed E-state index contributed by atoms with van der Waals surface area (Å²) in [6.45, 7) is 0.742. The minimum atomic E-state index is -3.11. The number of sulfonamides is 1. The van der Waals surface area contributed by atoms with Crippen molar-refractivity contribution in [3.05, 3.63) is 35.9 Å². The molecule has 5 heteroatoms. The van der Waals surface area contributed by atoms with Gasteiger partial charge in [-0.25, -0.2) is 13.1 Å². The largest absolute Gasteiger partial charge is 0.373 e. The molecule has 1 aromatic carbocycles. The second kappa shape index (κ2) is 5.47. The lowest BCUT2D eigenvalue weighted by atomic mass is 9.86. The van der Waals surface area contributed by atoms with Crippen LogP contribution in [0.3, 0.4) is 0 Å². The molecule has 1 saturated carbocycles. The molecule has 0 aromatic heterocycles. The first-order valence-corrected chi connectivity index (χ1v) is 9.04. The van der Waals surface area contributed by atoms with Crippen molar-refractivity contribution in [2.75, 3.05) is 12.9 Å². The van der Waals surface area contributed by atoms with E-state index >= 15 is 0 Å². The van der Waals surface area contributed by atoms with Gasteiger partial charge in [-0.05, 0) is 36.7 Å². The summed E-state index contributed by atoms with van der Waals surface area (Å²) in [4.78, 5) is 0. The molecule has 0 bridgehead atoms. The van der Waals surface area contributed by atoms with Crippen LogP contribution in [-0.2, 0) is 14.8 Å².